The molecule has 0 spiro atoms. The highest BCUT2D eigenvalue weighted by molar-refractivity contribution is 9.08. The van der Waals surface area contributed by atoms with Crippen molar-refractivity contribution in [3.8, 4) is 0 Å². The van der Waals surface area contributed by atoms with Crippen molar-refractivity contribution in [2.45, 2.75) is 18.2 Å². The smallest absolute Gasteiger partial charge is 0.241 e. The summed E-state index contributed by atoms with van der Waals surface area (Å²) in [6.07, 6.45) is -0.653. The minimum atomic E-state index is -2.57. The van der Waals surface area contributed by atoms with Gasteiger partial charge in [0, 0.05) is 23.5 Å². The fourth-order valence-electron chi connectivity index (χ4n) is 1.61. The number of rotatable bonds is 4. The molecule has 0 radical (unpaired) electrons. The zero-order valence-corrected chi connectivity index (χ0v) is 11.1. The Kier molecular flexibility index (Phi) is 4.36. The van der Waals surface area contributed by atoms with Crippen LogP contribution in [0.25, 0.3) is 0 Å². The summed E-state index contributed by atoms with van der Waals surface area (Å²) in [5, 5.41) is 0.332. The van der Waals surface area contributed by atoms with Crippen LogP contribution in [0.2, 0.25) is 0 Å². The van der Waals surface area contributed by atoms with Gasteiger partial charge in [-0.25, -0.2) is 18.7 Å². The Morgan fingerprint density at radius 2 is 1.89 bits per heavy atom. The highest BCUT2D eigenvalue weighted by Gasteiger charge is 2.15. The van der Waals surface area contributed by atoms with Crippen LogP contribution in [0.5, 0.6) is 0 Å². The van der Waals surface area contributed by atoms with E-state index in [4.69, 9.17) is 0 Å². The predicted octanol–water partition coefficient (Wildman–Crippen LogP) is 3.90. The molecule has 0 aliphatic rings. The zero-order chi connectivity index (χ0) is 13.0. The molecule has 0 fully saturated rings. The van der Waals surface area contributed by atoms with E-state index in [0.29, 0.717) is 23.1 Å². The van der Waals surface area contributed by atoms with Crippen LogP contribution in [0, 0.1) is 0 Å². The van der Waals surface area contributed by atoms with E-state index in [9.17, 15) is 8.78 Å². The maximum Gasteiger partial charge on any atom is 0.280 e. The lowest BCUT2D eigenvalue weighted by molar-refractivity contribution is 0.144. The van der Waals surface area contributed by atoms with Crippen molar-refractivity contribution >= 4 is 15.9 Å². The normalized spacial score (nSPS) is 10.9. The molecule has 2 aromatic rings. The largest absolute Gasteiger partial charge is 0.280 e. The molecule has 0 saturated carbocycles. The molecule has 1 heterocycles. The SMILES string of the molecule is FC(F)c1nc(Cc2ccccc2)ncc1CBr. The van der Waals surface area contributed by atoms with Crippen LogP contribution in [0.4, 0.5) is 8.78 Å². The second-order valence-electron chi connectivity index (χ2n) is 3.79. The third-order valence-corrected chi connectivity index (χ3v) is 3.11. The van der Waals surface area contributed by atoms with Crippen LogP contribution in [-0.2, 0) is 11.8 Å². The van der Waals surface area contributed by atoms with Crippen LogP contribution in [0.3, 0.4) is 0 Å². The predicted molar refractivity (Wildman–Crippen MR) is 68.9 cm³/mol. The summed E-state index contributed by atoms with van der Waals surface area (Å²) in [6.45, 7) is 0. The van der Waals surface area contributed by atoms with Crippen molar-refractivity contribution in [3.05, 3.63) is 59.2 Å². The molecule has 0 unspecified atom stereocenters. The minimum absolute atomic E-state index is 0.187. The van der Waals surface area contributed by atoms with Crippen LogP contribution < -0.4 is 0 Å². The van der Waals surface area contributed by atoms with E-state index in [-0.39, 0.29) is 5.69 Å². The van der Waals surface area contributed by atoms with Gasteiger partial charge in [-0.1, -0.05) is 46.3 Å². The molecule has 0 saturated heterocycles. The van der Waals surface area contributed by atoms with Crippen molar-refractivity contribution in [2.75, 3.05) is 0 Å². The Bertz CT molecular complexity index is 518. The molecule has 2 nitrogen and oxygen atoms in total. The van der Waals surface area contributed by atoms with Crippen LogP contribution in [-0.4, -0.2) is 9.97 Å². The molecule has 94 valence electrons. The van der Waals surface area contributed by atoms with Gasteiger partial charge in [0.1, 0.15) is 11.5 Å². The first kappa shape index (κ1) is 13.1. The van der Waals surface area contributed by atoms with Gasteiger partial charge in [0.15, 0.2) is 0 Å². The van der Waals surface area contributed by atoms with Gasteiger partial charge in [-0.3, -0.25) is 0 Å². The summed E-state index contributed by atoms with van der Waals surface area (Å²) in [7, 11) is 0. The number of hydrogen-bond acceptors (Lipinski definition) is 2. The summed E-state index contributed by atoms with van der Waals surface area (Å²) in [4.78, 5) is 8.06. The van der Waals surface area contributed by atoms with Crippen molar-refractivity contribution in [3.63, 3.8) is 0 Å². The van der Waals surface area contributed by atoms with E-state index >= 15 is 0 Å². The van der Waals surface area contributed by atoms with Crippen molar-refractivity contribution in [2.24, 2.45) is 0 Å². The number of nitrogens with zero attached hydrogens (tertiary/aromatic N) is 2. The number of alkyl halides is 3. The molecule has 18 heavy (non-hydrogen) atoms. The van der Waals surface area contributed by atoms with Crippen molar-refractivity contribution in [1.29, 1.82) is 0 Å². The van der Waals surface area contributed by atoms with Gasteiger partial charge in [-0.15, -0.1) is 0 Å². The number of benzene rings is 1. The Morgan fingerprint density at radius 1 is 1.17 bits per heavy atom. The molecule has 0 aliphatic heterocycles. The summed E-state index contributed by atoms with van der Waals surface area (Å²) in [5.41, 5.74) is 1.25. The average molecular weight is 313 g/mol. The number of halogens is 3. The monoisotopic (exact) mass is 312 g/mol. The van der Waals surface area contributed by atoms with Gasteiger partial charge in [-0.05, 0) is 5.56 Å². The average Bonchev–Trinajstić information content (AvgIpc) is 2.40. The molecule has 0 amide bonds. The van der Waals surface area contributed by atoms with E-state index in [2.05, 4.69) is 25.9 Å². The second-order valence-corrected chi connectivity index (χ2v) is 4.35. The van der Waals surface area contributed by atoms with Gasteiger partial charge >= 0.3 is 0 Å². The molecular weight excluding hydrogens is 302 g/mol. The maximum absolute atomic E-state index is 12.8. The number of aromatic nitrogens is 2. The third kappa shape index (κ3) is 3.10. The molecule has 1 aromatic heterocycles. The quantitative estimate of drug-likeness (QED) is 0.800. The molecule has 1 aromatic carbocycles. The summed E-state index contributed by atoms with van der Waals surface area (Å²) in [5.74, 6) is 0.418. The van der Waals surface area contributed by atoms with Crippen LogP contribution in [0.15, 0.2) is 36.5 Å². The van der Waals surface area contributed by atoms with Gasteiger partial charge in [0.25, 0.3) is 6.43 Å². The van der Waals surface area contributed by atoms with Crippen LogP contribution in [0.1, 0.15) is 29.1 Å². The van der Waals surface area contributed by atoms with Crippen molar-refractivity contribution < 1.29 is 8.78 Å². The van der Waals surface area contributed by atoms with Gasteiger partial charge in [0.05, 0.1) is 0 Å². The molecule has 2 rings (SSSR count). The third-order valence-electron chi connectivity index (χ3n) is 2.50. The molecule has 0 atom stereocenters. The van der Waals surface area contributed by atoms with E-state index in [1.54, 1.807) is 0 Å². The van der Waals surface area contributed by atoms with E-state index < -0.39 is 6.43 Å². The van der Waals surface area contributed by atoms with Gasteiger partial charge < -0.3 is 0 Å². The molecule has 0 bridgehead atoms. The zero-order valence-electron chi connectivity index (χ0n) is 9.48. The molecular formula is C13H11BrF2N2. The van der Waals surface area contributed by atoms with Gasteiger partial charge in [0.2, 0.25) is 0 Å². The highest BCUT2D eigenvalue weighted by Crippen LogP contribution is 2.22. The molecule has 0 aliphatic carbocycles. The van der Waals surface area contributed by atoms with E-state index in [1.807, 2.05) is 30.3 Å². The number of hydrogen-bond donors (Lipinski definition) is 0. The topological polar surface area (TPSA) is 25.8 Å². The Morgan fingerprint density at radius 3 is 2.50 bits per heavy atom. The fourth-order valence-corrected chi connectivity index (χ4v) is 2.05. The minimum Gasteiger partial charge on any atom is -0.241 e. The second kappa shape index (κ2) is 6.00. The van der Waals surface area contributed by atoms with E-state index in [1.165, 1.54) is 6.20 Å². The van der Waals surface area contributed by atoms with Gasteiger partial charge in [-0.2, -0.15) is 0 Å². The van der Waals surface area contributed by atoms with Crippen LogP contribution >= 0.6 is 15.9 Å². The lowest BCUT2D eigenvalue weighted by atomic mass is 10.1. The summed E-state index contributed by atoms with van der Waals surface area (Å²) < 4.78 is 25.6. The molecule has 0 N–H and O–H groups in total. The Hall–Kier alpha value is -1.36. The summed E-state index contributed by atoms with van der Waals surface area (Å²) >= 11 is 3.15. The molecule has 5 heteroatoms. The lowest BCUT2D eigenvalue weighted by Crippen LogP contribution is -2.04. The summed E-state index contributed by atoms with van der Waals surface area (Å²) in [6, 6.07) is 9.54. The van der Waals surface area contributed by atoms with E-state index in [0.717, 1.165) is 5.56 Å². The lowest BCUT2D eigenvalue weighted by Gasteiger charge is -2.07. The maximum atomic E-state index is 12.8. The first-order chi connectivity index (χ1) is 8.70. The standard InChI is InChI=1S/C13H11BrF2N2/c14-7-10-8-17-11(18-12(10)13(15)16)6-9-4-2-1-3-5-9/h1-5,8,13H,6-7H2. The Balaban J connectivity index is 2.27. The fraction of sp³-hybridized carbons (Fsp3) is 0.231. The van der Waals surface area contributed by atoms with Crippen molar-refractivity contribution in [1.82, 2.24) is 9.97 Å². The first-order valence-corrected chi connectivity index (χ1v) is 6.55. The highest BCUT2D eigenvalue weighted by atomic mass is 79.9. The first-order valence-electron chi connectivity index (χ1n) is 5.43. The Labute approximate surface area is 112 Å².